The average Bonchev–Trinajstić information content (AvgIpc) is 2.10. The van der Waals surface area contributed by atoms with Gasteiger partial charge in [0.2, 0.25) is 0 Å². The Balaban J connectivity index is -0.0000000720. The van der Waals surface area contributed by atoms with E-state index in [0.29, 0.717) is 0 Å². The van der Waals surface area contributed by atoms with Crippen LogP contribution in [0.4, 0.5) is 0 Å². The normalized spacial score (nSPS) is 8.78. The van der Waals surface area contributed by atoms with Gasteiger partial charge in [-0.3, -0.25) is 0 Å². The van der Waals surface area contributed by atoms with Crippen molar-refractivity contribution in [3.8, 4) is 0 Å². The molecule has 11 heteroatoms. The van der Waals surface area contributed by atoms with Gasteiger partial charge in [-0.25, -0.2) is 0 Å². The Kier molecular flexibility index (Phi) is 52.8. The molecule has 0 aliphatic carbocycles. The van der Waals surface area contributed by atoms with E-state index in [1.165, 1.54) is 19.4 Å². The van der Waals surface area contributed by atoms with Crippen LogP contribution in [0.3, 0.4) is 0 Å². The second kappa shape index (κ2) is 25.3. The number of hydrogen-bond donors (Lipinski definition) is 0. The maximum atomic E-state index is 10.4. The van der Waals surface area contributed by atoms with Gasteiger partial charge < -0.3 is 0 Å². The molecule has 0 spiro atoms. The molecule has 0 aliphatic rings. The van der Waals surface area contributed by atoms with Crippen LogP contribution in [-0.2, 0) is 154 Å². The van der Waals surface area contributed by atoms with Crippen molar-refractivity contribution in [1.82, 2.24) is 0 Å². The summed E-state index contributed by atoms with van der Waals surface area (Å²) in [5.74, 6) is 0.285. The minimum Gasteiger partial charge on any atom is 0 e. The monoisotopic (exact) mass is 1440 g/mol. The second-order valence-corrected chi connectivity index (χ2v) is 4.46. The first kappa shape index (κ1) is 37.5. The second-order valence-electron chi connectivity index (χ2n) is 1.81. The molecule has 0 saturated carbocycles. The molecule has 0 N–H and O–H groups in total. The zero-order valence-corrected chi connectivity index (χ0v) is 29.6. The van der Waals surface area contributed by atoms with Crippen molar-refractivity contribution in [2.75, 3.05) is 0 Å². The Bertz CT molecular complexity index is 294. The van der Waals surface area contributed by atoms with Gasteiger partial charge in [0, 0.05) is 105 Å². The summed E-state index contributed by atoms with van der Waals surface area (Å²) in [4.78, 5) is 10.4. The molecule has 0 aromatic rings. The first-order valence-electron chi connectivity index (χ1n) is 3.17. The van der Waals surface area contributed by atoms with E-state index in [1.807, 2.05) is 6.92 Å². The molecule has 100 valence electrons. The Morgan fingerprint density at radius 1 is 1.17 bits per heavy atom. The van der Waals surface area contributed by atoms with Gasteiger partial charge in [0.1, 0.15) is 0 Å². The van der Waals surface area contributed by atoms with Gasteiger partial charge in [-0.15, -0.1) is 0 Å². The van der Waals surface area contributed by atoms with Crippen LogP contribution in [0.15, 0.2) is 14.5 Å². The molecule has 0 unspecified atom stereocenters. The summed E-state index contributed by atoms with van der Waals surface area (Å²) in [5, 5.41) is 3.59. The van der Waals surface area contributed by atoms with E-state index in [-0.39, 0.29) is 117 Å². The van der Waals surface area contributed by atoms with E-state index in [2.05, 4.69) is 14.8 Å². The zero-order valence-electron chi connectivity index (χ0n) is 9.07. The molecule has 0 fully saturated rings. The molecule has 0 saturated heterocycles. The fraction of sp³-hybridized carbons (Fsp3) is 0.286. The van der Waals surface area contributed by atoms with Crippen LogP contribution in [0, 0.1) is 6.08 Å². The standard InChI is InChI=1S/C7H6N2O2.7W/c1-3-7(11-4-2)6(5-10)9-8;;;;;;;/h1-2H3;;;;;;;/q-2;;;;;;;. The SMILES string of the molecule is C[C-]=C(O[C](C)=[W])C([C-]=O)=N[N]=[W].[W].[W].[W].[W].[W]. The molecule has 0 heterocycles. The fourth-order valence-corrected chi connectivity index (χ4v) is 1.11. The molecular weight excluding hydrogens is 1430 g/mol. The maximum Gasteiger partial charge on any atom is 0 e. The number of carbonyl (C=O) groups excluding carboxylic acids is 1. The Morgan fingerprint density at radius 2 is 1.61 bits per heavy atom. The van der Waals surface area contributed by atoms with Crippen molar-refractivity contribution in [3.63, 3.8) is 0 Å². The summed E-state index contributed by atoms with van der Waals surface area (Å²) in [7, 11) is 0. The Labute approximate surface area is 201 Å². The quantitative estimate of drug-likeness (QED) is 0.176. The molecule has 0 rings (SSSR count). The predicted octanol–water partition coefficient (Wildman–Crippen LogP) is 0.590. The van der Waals surface area contributed by atoms with E-state index in [1.54, 1.807) is 13.2 Å². The van der Waals surface area contributed by atoms with E-state index < -0.39 is 0 Å². The summed E-state index contributed by atoms with van der Waals surface area (Å²) < 4.78 is 9.56. The zero-order chi connectivity index (χ0) is 10.3. The van der Waals surface area contributed by atoms with Gasteiger partial charge in [0.05, 0.1) is 0 Å². The number of nitrogens with zero attached hydrogens (tertiary/aromatic N) is 2. The van der Waals surface area contributed by atoms with E-state index in [9.17, 15) is 4.79 Å². The summed E-state index contributed by atoms with van der Waals surface area (Å²) >= 11 is 2.10. The molecule has 0 aliphatic heterocycles. The number of hydrogen-bond acceptors (Lipinski definition) is 4. The van der Waals surface area contributed by atoms with Crippen LogP contribution in [0.2, 0.25) is 0 Å². The summed E-state index contributed by atoms with van der Waals surface area (Å²) in [6, 6.07) is 0. The Hall–Kier alpha value is 3.37. The van der Waals surface area contributed by atoms with E-state index in [0.717, 1.165) is 23.7 Å². The largest absolute Gasteiger partial charge is 0 e. The molecule has 0 amide bonds. The third-order valence-electron chi connectivity index (χ3n) is 0.925. The van der Waals surface area contributed by atoms with E-state index in [4.69, 9.17) is 4.74 Å². The molecule has 18 heavy (non-hydrogen) atoms. The average molecular weight is 1440 g/mol. The van der Waals surface area contributed by atoms with Crippen molar-refractivity contribution in [1.29, 1.82) is 0 Å². The third kappa shape index (κ3) is 19.4. The van der Waals surface area contributed by atoms with Crippen LogP contribution in [0.1, 0.15) is 13.8 Å². The first-order chi connectivity index (χ1) is 6.15. The van der Waals surface area contributed by atoms with E-state index >= 15 is 0 Å². The molecule has 0 aromatic heterocycles. The number of rotatable bonds is 5. The molecule has 4 nitrogen and oxygen atoms in total. The van der Waals surface area contributed by atoms with Crippen molar-refractivity contribution in [2.24, 2.45) is 8.71 Å². The van der Waals surface area contributed by atoms with Crippen molar-refractivity contribution in [3.05, 3.63) is 11.8 Å². The van der Waals surface area contributed by atoms with Crippen LogP contribution in [0.25, 0.3) is 0 Å². The summed E-state index contributed by atoms with van der Waals surface area (Å²) in [6.45, 7) is 3.45. The first-order valence-corrected chi connectivity index (χ1v) is 5.95. The maximum absolute atomic E-state index is 10.4. The predicted molar refractivity (Wildman–Crippen MR) is 39.8 cm³/mol. The topological polar surface area (TPSA) is 51.0 Å². The van der Waals surface area contributed by atoms with Gasteiger partial charge in [0.15, 0.2) is 0 Å². The van der Waals surface area contributed by atoms with Crippen LogP contribution >= 0.6 is 0 Å². The summed E-state index contributed by atoms with van der Waals surface area (Å²) in [6.07, 6.45) is 4.36. The van der Waals surface area contributed by atoms with Gasteiger partial charge in [0.25, 0.3) is 0 Å². The fourth-order valence-electron chi connectivity index (χ4n) is 0.514. The smallest absolute Gasteiger partial charge is 0 e. The van der Waals surface area contributed by atoms with Crippen LogP contribution in [0.5, 0.6) is 0 Å². The molecule has 0 aromatic carbocycles. The van der Waals surface area contributed by atoms with Crippen LogP contribution in [-0.4, -0.2) is 16.1 Å². The van der Waals surface area contributed by atoms with Gasteiger partial charge in [-0.2, -0.15) is 0 Å². The van der Waals surface area contributed by atoms with Crippen molar-refractivity contribution in [2.45, 2.75) is 13.8 Å². The van der Waals surface area contributed by atoms with Crippen molar-refractivity contribution < 1.29 is 154 Å². The minimum atomic E-state index is 0. The van der Waals surface area contributed by atoms with Gasteiger partial charge in [-0.05, 0) is 0 Å². The molecule has 0 bridgehead atoms. The third-order valence-corrected chi connectivity index (χ3v) is 1.52. The number of ether oxygens (including phenoxy) is 1. The molecular formula is C7H6N2O2W7-2. The number of allylic oxidation sites excluding steroid dienone is 2. The minimum absolute atomic E-state index is 0. The van der Waals surface area contributed by atoms with Crippen LogP contribution < -0.4 is 0 Å². The molecule has 0 radical (unpaired) electrons. The van der Waals surface area contributed by atoms with Gasteiger partial charge in [-0.1, -0.05) is 0 Å². The van der Waals surface area contributed by atoms with Gasteiger partial charge >= 0.3 is 99.0 Å². The summed E-state index contributed by atoms with van der Waals surface area (Å²) in [5.41, 5.74) is 0.0538. The Morgan fingerprint density at radius 3 is 1.83 bits per heavy atom. The molecule has 0 atom stereocenters. The van der Waals surface area contributed by atoms with Crippen molar-refractivity contribution >= 4 is 16.1 Å².